The SMILES string of the molecule is c1ccc(-c2nc(-n3c4ccccc4c4cc5c6c7c(ccc6n(-c6ccccc6)c5cc43)sc3ccccc37)nc3ccccc23)cc1. The molecule has 0 spiro atoms. The molecule has 49 heavy (non-hydrogen) atoms. The molecular formula is C44H26N4S. The van der Waals surface area contributed by atoms with Gasteiger partial charge in [0.2, 0.25) is 5.95 Å². The van der Waals surface area contributed by atoms with Gasteiger partial charge in [-0.15, -0.1) is 11.3 Å². The zero-order valence-electron chi connectivity index (χ0n) is 26.2. The third kappa shape index (κ3) is 3.79. The number of hydrogen-bond donors (Lipinski definition) is 0. The number of hydrogen-bond acceptors (Lipinski definition) is 3. The van der Waals surface area contributed by atoms with Crippen LogP contribution in [0.4, 0.5) is 0 Å². The van der Waals surface area contributed by atoms with Gasteiger partial charge in [-0.2, -0.15) is 0 Å². The van der Waals surface area contributed by atoms with E-state index in [1.54, 1.807) is 0 Å². The zero-order chi connectivity index (χ0) is 32.1. The van der Waals surface area contributed by atoms with E-state index < -0.39 is 0 Å². The van der Waals surface area contributed by atoms with Gasteiger partial charge in [-0.1, -0.05) is 103 Å². The molecule has 11 aromatic rings. The number of thiophene rings is 1. The predicted octanol–water partition coefficient (Wildman–Crippen LogP) is 11.9. The molecule has 0 atom stereocenters. The Bertz CT molecular complexity index is 3100. The van der Waals surface area contributed by atoms with Gasteiger partial charge in [0.1, 0.15) is 0 Å². The fourth-order valence-corrected chi connectivity index (χ4v) is 8.95. The summed E-state index contributed by atoms with van der Waals surface area (Å²) in [6, 6.07) is 56.3. The molecule has 4 nitrogen and oxygen atoms in total. The molecule has 0 fully saturated rings. The molecule has 0 aliphatic carbocycles. The molecule has 4 aromatic heterocycles. The topological polar surface area (TPSA) is 35.6 Å². The average molecular weight is 643 g/mol. The molecule has 0 amide bonds. The van der Waals surface area contributed by atoms with Crippen molar-refractivity contribution in [3.05, 3.63) is 158 Å². The number of rotatable bonds is 3. The summed E-state index contributed by atoms with van der Waals surface area (Å²) in [7, 11) is 0. The fourth-order valence-electron chi connectivity index (χ4n) is 7.83. The molecule has 0 saturated carbocycles. The van der Waals surface area contributed by atoms with Gasteiger partial charge in [-0.05, 0) is 54.6 Å². The normalized spacial score (nSPS) is 12.1. The summed E-state index contributed by atoms with van der Waals surface area (Å²) >= 11 is 1.87. The van der Waals surface area contributed by atoms with Crippen LogP contribution < -0.4 is 0 Å². The number of benzene rings is 7. The van der Waals surface area contributed by atoms with Crippen LogP contribution in [0, 0.1) is 0 Å². The van der Waals surface area contributed by atoms with Crippen LogP contribution in [0.15, 0.2) is 158 Å². The van der Waals surface area contributed by atoms with Gasteiger partial charge in [0.15, 0.2) is 0 Å². The Morgan fingerprint density at radius 1 is 0.408 bits per heavy atom. The van der Waals surface area contributed by atoms with Crippen molar-refractivity contribution in [2.24, 2.45) is 0 Å². The van der Waals surface area contributed by atoms with E-state index >= 15 is 0 Å². The molecule has 5 heteroatoms. The van der Waals surface area contributed by atoms with E-state index in [2.05, 4.69) is 161 Å². The Kier molecular flexibility index (Phi) is 5.51. The first-order valence-electron chi connectivity index (χ1n) is 16.5. The summed E-state index contributed by atoms with van der Waals surface area (Å²) in [5, 5.41) is 8.57. The molecule has 0 radical (unpaired) electrons. The summed E-state index contributed by atoms with van der Waals surface area (Å²) < 4.78 is 7.30. The average Bonchev–Trinajstić information content (AvgIpc) is 3.81. The molecule has 11 rings (SSSR count). The number of aromatic nitrogens is 4. The standard InChI is InChI=1S/C44H26N4S/c1-3-13-27(14-4-1)43-30-18-7-10-20-34(30)45-44(46-43)48-35-21-11-8-17-29(35)32-25-33-38(26-37(32)48)47(28-15-5-2-6-16-28)36-23-24-40-42(41(33)36)31-19-9-12-22-39(31)49-40/h1-26H. The number of fused-ring (bicyclic) bond motifs is 11. The smallest absolute Gasteiger partial charge is 0.235 e. The highest BCUT2D eigenvalue weighted by Gasteiger charge is 2.22. The van der Waals surface area contributed by atoms with Crippen LogP contribution in [-0.2, 0) is 0 Å². The third-order valence-electron chi connectivity index (χ3n) is 9.92. The molecule has 0 bridgehead atoms. The van der Waals surface area contributed by atoms with Gasteiger partial charge in [0, 0.05) is 58.4 Å². The van der Waals surface area contributed by atoms with Gasteiger partial charge in [-0.25, -0.2) is 9.97 Å². The lowest BCUT2D eigenvalue weighted by atomic mass is 10.0. The molecule has 0 aliphatic rings. The lowest BCUT2D eigenvalue weighted by molar-refractivity contribution is 1.01. The highest BCUT2D eigenvalue weighted by atomic mass is 32.1. The van der Waals surface area contributed by atoms with Crippen molar-refractivity contribution >= 4 is 86.0 Å². The van der Waals surface area contributed by atoms with E-state index in [0.29, 0.717) is 5.95 Å². The molecule has 0 saturated heterocycles. The van der Waals surface area contributed by atoms with Crippen LogP contribution in [0.5, 0.6) is 0 Å². The molecule has 0 aliphatic heterocycles. The third-order valence-corrected chi connectivity index (χ3v) is 11.1. The zero-order valence-corrected chi connectivity index (χ0v) is 27.0. The monoisotopic (exact) mass is 642 g/mol. The van der Waals surface area contributed by atoms with Crippen LogP contribution in [-0.4, -0.2) is 19.1 Å². The maximum absolute atomic E-state index is 5.33. The van der Waals surface area contributed by atoms with E-state index in [-0.39, 0.29) is 0 Å². The number of para-hydroxylation sites is 3. The van der Waals surface area contributed by atoms with E-state index in [0.717, 1.165) is 44.4 Å². The van der Waals surface area contributed by atoms with Crippen molar-refractivity contribution in [3.8, 4) is 22.9 Å². The van der Waals surface area contributed by atoms with Crippen molar-refractivity contribution in [3.63, 3.8) is 0 Å². The summed E-state index contributed by atoms with van der Waals surface area (Å²) in [6.07, 6.45) is 0. The largest absolute Gasteiger partial charge is 0.309 e. The van der Waals surface area contributed by atoms with Gasteiger partial charge in [-0.3, -0.25) is 4.57 Å². The van der Waals surface area contributed by atoms with Crippen LogP contribution in [0.1, 0.15) is 0 Å². The summed E-state index contributed by atoms with van der Waals surface area (Å²) in [5.74, 6) is 0.664. The first-order valence-corrected chi connectivity index (χ1v) is 17.3. The molecule has 4 heterocycles. The van der Waals surface area contributed by atoms with E-state index in [1.807, 2.05) is 17.4 Å². The van der Waals surface area contributed by atoms with Crippen LogP contribution in [0.3, 0.4) is 0 Å². The summed E-state index contributed by atoms with van der Waals surface area (Å²) in [5.41, 5.74) is 8.58. The molecular weight excluding hydrogens is 617 g/mol. The second-order valence-corrected chi connectivity index (χ2v) is 13.7. The lowest BCUT2D eigenvalue weighted by Crippen LogP contribution is -2.03. The van der Waals surface area contributed by atoms with Crippen molar-refractivity contribution < 1.29 is 0 Å². The quantitative estimate of drug-likeness (QED) is 0.192. The molecule has 7 aromatic carbocycles. The Labute approximate surface area is 284 Å². The minimum atomic E-state index is 0.664. The molecule has 0 unspecified atom stereocenters. The van der Waals surface area contributed by atoms with E-state index in [9.17, 15) is 0 Å². The maximum Gasteiger partial charge on any atom is 0.235 e. The first-order chi connectivity index (χ1) is 24.3. The van der Waals surface area contributed by atoms with Crippen LogP contribution in [0.25, 0.3) is 97.6 Å². The Morgan fingerprint density at radius 2 is 1.10 bits per heavy atom. The highest BCUT2D eigenvalue weighted by molar-refractivity contribution is 7.26. The first kappa shape index (κ1) is 26.7. The van der Waals surface area contributed by atoms with Crippen molar-refractivity contribution in [2.75, 3.05) is 0 Å². The van der Waals surface area contributed by atoms with Crippen LogP contribution in [0.2, 0.25) is 0 Å². The lowest BCUT2D eigenvalue weighted by Gasteiger charge is -2.12. The van der Waals surface area contributed by atoms with Crippen LogP contribution >= 0.6 is 11.3 Å². The Hall–Kier alpha value is -6.30. The fraction of sp³-hybridized carbons (Fsp3) is 0. The van der Waals surface area contributed by atoms with Crippen molar-refractivity contribution in [1.82, 2.24) is 19.1 Å². The van der Waals surface area contributed by atoms with E-state index in [4.69, 9.17) is 9.97 Å². The number of nitrogens with zero attached hydrogens (tertiary/aromatic N) is 4. The Balaban J connectivity index is 1.32. The van der Waals surface area contributed by atoms with Gasteiger partial charge in [0.05, 0.1) is 33.3 Å². The minimum Gasteiger partial charge on any atom is -0.309 e. The van der Waals surface area contributed by atoms with Gasteiger partial charge < -0.3 is 4.57 Å². The van der Waals surface area contributed by atoms with E-state index in [1.165, 1.54) is 47.2 Å². The molecule has 228 valence electrons. The predicted molar refractivity (Wildman–Crippen MR) is 207 cm³/mol. The second-order valence-electron chi connectivity index (χ2n) is 12.6. The maximum atomic E-state index is 5.33. The van der Waals surface area contributed by atoms with Crippen molar-refractivity contribution in [1.29, 1.82) is 0 Å². The minimum absolute atomic E-state index is 0.664. The summed E-state index contributed by atoms with van der Waals surface area (Å²) in [4.78, 5) is 10.6. The Morgan fingerprint density at radius 3 is 1.96 bits per heavy atom. The van der Waals surface area contributed by atoms with Crippen molar-refractivity contribution in [2.45, 2.75) is 0 Å². The van der Waals surface area contributed by atoms with Gasteiger partial charge >= 0.3 is 0 Å². The highest BCUT2D eigenvalue weighted by Crippen LogP contribution is 2.45. The van der Waals surface area contributed by atoms with Gasteiger partial charge in [0.25, 0.3) is 0 Å². The summed E-state index contributed by atoms with van der Waals surface area (Å²) in [6.45, 7) is 0. The second kappa shape index (κ2) is 10.1. The molecule has 0 N–H and O–H groups in total.